The van der Waals surface area contributed by atoms with Crippen LogP contribution in [0.15, 0.2) is 24.3 Å². The lowest BCUT2D eigenvalue weighted by molar-refractivity contribution is -0.136. The van der Waals surface area contributed by atoms with Crippen LogP contribution in [0, 0.1) is 17.2 Å². The first-order valence-electron chi connectivity index (χ1n) is 6.75. The van der Waals surface area contributed by atoms with Gasteiger partial charge in [0.05, 0.1) is 16.9 Å². The van der Waals surface area contributed by atoms with E-state index in [1.54, 1.807) is 31.2 Å². The lowest BCUT2D eigenvalue weighted by Gasteiger charge is -2.22. The molecule has 0 saturated heterocycles. The fourth-order valence-corrected chi connectivity index (χ4v) is 2.06. The summed E-state index contributed by atoms with van der Waals surface area (Å²) < 4.78 is 0. The zero-order valence-electron chi connectivity index (χ0n) is 11.7. The second kappa shape index (κ2) is 5.94. The number of para-hydroxylation sites is 1. The number of anilines is 1. The van der Waals surface area contributed by atoms with Gasteiger partial charge in [0.1, 0.15) is 6.07 Å². The van der Waals surface area contributed by atoms with Crippen molar-refractivity contribution in [3.63, 3.8) is 0 Å². The summed E-state index contributed by atoms with van der Waals surface area (Å²) in [6.45, 7) is 1.68. The number of benzene rings is 1. The van der Waals surface area contributed by atoms with E-state index in [2.05, 4.69) is 10.6 Å². The summed E-state index contributed by atoms with van der Waals surface area (Å²) in [6, 6.07) is 8.35. The van der Waals surface area contributed by atoms with E-state index in [1.807, 2.05) is 6.07 Å². The molecule has 1 fully saturated rings. The predicted molar refractivity (Wildman–Crippen MR) is 76.1 cm³/mol. The summed E-state index contributed by atoms with van der Waals surface area (Å²) in [7, 11) is 0. The summed E-state index contributed by atoms with van der Waals surface area (Å²) >= 11 is 0. The van der Waals surface area contributed by atoms with Crippen molar-refractivity contribution >= 4 is 17.5 Å². The second-order valence-electron chi connectivity index (χ2n) is 5.43. The minimum atomic E-state index is -0.986. The molecule has 0 radical (unpaired) electrons. The number of amides is 2. The van der Waals surface area contributed by atoms with Crippen molar-refractivity contribution in [1.29, 1.82) is 5.26 Å². The van der Waals surface area contributed by atoms with Gasteiger partial charge in [-0.15, -0.1) is 0 Å². The molecule has 1 aromatic carbocycles. The van der Waals surface area contributed by atoms with E-state index in [1.165, 1.54) is 0 Å². The Labute approximate surface area is 122 Å². The van der Waals surface area contributed by atoms with Crippen LogP contribution in [0.4, 0.5) is 5.69 Å². The number of nitriles is 1. The van der Waals surface area contributed by atoms with Crippen LogP contribution in [0.2, 0.25) is 0 Å². The van der Waals surface area contributed by atoms with Gasteiger partial charge in [0.15, 0.2) is 0 Å². The Morgan fingerprint density at radius 2 is 2.05 bits per heavy atom. The van der Waals surface area contributed by atoms with Crippen molar-refractivity contribution in [2.75, 3.05) is 11.9 Å². The van der Waals surface area contributed by atoms with Crippen molar-refractivity contribution in [2.24, 2.45) is 5.92 Å². The van der Waals surface area contributed by atoms with Gasteiger partial charge in [-0.05, 0) is 37.8 Å². The summed E-state index contributed by atoms with van der Waals surface area (Å²) in [6.07, 6.45) is 1.87. The highest BCUT2D eigenvalue weighted by atomic mass is 16.3. The number of hydrogen-bond acceptors (Lipinski definition) is 4. The average molecular weight is 287 g/mol. The van der Waals surface area contributed by atoms with E-state index in [4.69, 9.17) is 5.26 Å². The lowest BCUT2D eigenvalue weighted by Crippen LogP contribution is -2.45. The standard InChI is InChI=1S/C15H17N3O3/c1-15(21,11-6-7-11)9-17-13(19)14(20)18-12-5-3-2-4-10(12)8-16/h2-5,11,21H,6-7,9H2,1H3,(H,17,19)(H,18,20)/t15-/m1/s1. The van der Waals surface area contributed by atoms with Crippen molar-refractivity contribution in [1.82, 2.24) is 5.32 Å². The van der Waals surface area contributed by atoms with Crippen LogP contribution in [-0.4, -0.2) is 29.1 Å². The van der Waals surface area contributed by atoms with E-state index in [-0.39, 0.29) is 23.7 Å². The van der Waals surface area contributed by atoms with Gasteiger partial charge in [0.25, 0.3) is 0 Å². The first-order valence-corrected chi connectivity index (χ1v) is 6.75. The fraction of sp³-hybridized carbons (Fsp3) is 0.400. The molecule has 0 aliphatic heterocycles. The summed E-state index contributed by atoms with van der Waals surface area (Å²) in [5.74, 6) is -1.51. The number of nitrogens with one attached hydrogen (secondary N) is 2. The molecule has 6 heteroatoms. The third kappa shape index (κ3) is 3.80. The third-order valence-electron chi connectivity index (χ3n) is 3.57. The molecule has 110 valence electrons. The molecule has 21 heavy (non-hydrogen) atoms. The average Bonchev–Trinajstić information content (AvgIpc) is 3.30. The zero-order chi connectivity index (χ0) is 15.5. The van der Waals surface area contributed by atoms with Crippen molar-refractivity contribution in [2.45, 2.75) is 25.4 Å². The van der Waals surface area contributed by atoms with Gasteiger partial charge >= 0.3 is 11.8 Å². The Morgan fingerprint density at radius 3 is 2.67 bits per heavy atom. The molecular weight excluding hydrogens is 270 g/mol. The van der Waals surface area contributed by atoms with Crippen LogP contribution in [-0.2, 0) is 9.59 Å². The molecule has 2 amide bonds. The Kier molecular flexibility index (Phi) is 4.24. The molecule has 0 heterocycles. The molecule has 0 unspecified atom stereocenters. The first-order chi connectivity index (χ1) is 9.94. The van der Waals surface area contributed by atoms with E-state index >= 15 is 0 Å². The number of nitrogens with zero attached hydrogens (tertiary/aromatic N) is 1. The normalized spacial score (nSPS) is 16.4. The first kappa shape index (κ1) is 15.0. The highest BCUT2D eigenvalue weighted by Gasteiger charge is 2.40. The minimum absolute atomic E-state index is 0.0316. The van der Waals surface area contributed by atoms with Gasteiger partial charge in [-0.2, -0.15) is 5.26 Å². The smallest absolute Gasteiger partial charge is 0.313 e. The Hall–Kier alpha value is -2.39. The summed E-state index contributed by atoms with van der Waals surface area (Å²) in [5, 5.41) is 23.8. The van der Waals surface area contributed by atoms with Gasteiger partial charge < -0.3 is 15.7 Å². The van der Waals surface area contributed by atoms with Crippen LogP contribution in [0.25, 0.3) is 0 Å². The molecule has 0 bridgehead atoms. The van der Waals surface area contributed by atoms with Gasteiger partial charge in [-0.1, -0.05) is 12.1 Å². The monoisotopic (exact) mass is 287 g/mol. The maximum absolute atomic E-state index is 11.8. The van der Waals surface area contributed by atoms with E-state index in [9.17, 15) is 14.7 Å². The maximum atomic E-state index is 11.8. The molecule has 3 N–H and O–H groups in total. The van der Waals surface area contributed by atoms with Crippen LogP contribution < -0.4 is 10.6 Å². The SMILES string of the molecule is C[C@@](O)(CNC(=O)C(=O)Nc1ccccc1C#N)C1CC1. The van der Waals surface area contributed by atoms with E-state index < -0.39 is 17.4 Å². The van der Waals surface area contributed by atoms with E-state index in [0.29, 0.717) is 0 Å². The highest BCUT2D eigenvalue weighted by Crippen LogP contribution is 2.38. The number of aliphatic hydroxyl groups is 1. The zero-order valence-corrected chi connectivity index (χ0v) is 11.7. The van der Waals surface area contributed by atoms with Gasteiger partial charge in [0, 0.05) is 6.54 Å². The quantitative estimate of drug-likeness (QED) is 0.712. The topological polar surface area (TPSA) is 102 Å². The van der Waals surface area contributed by atoms with Crippen LogP contribution >= 0.6 is 0 Å². The van der Waals surface area contributed by atoms with Crippen LogP contribution in [0.5, 0.6) is 0 Å². The molecule has 1 aliphatic rings. The van der Waals surface area contributed by atoms with Crippen LogP contribution in [0.1, 0.15) is 25.3 Å². The molecule has 1 aromatic rings. The molecule has 2 rings (SSSR count). The van der Waals surface area contributed by atoms with Gasteiger partial charge in [0.2, 0.25) is 0 Å². The van der Waals surface area contributed by atoms with Gasteiger partial charge in [-0.25, -0.2) is 0 Å². The van der Waals surface area contributed by atoms with Crippen LogP contribution in [0.3, 0.4) is 0 Å². The maximum Gasteiger partial charge on any atom is 0.313 e. The fourth-order valence-electron chi connectivity index (χ4n) is 2.06. The summed E-state index contributed by atoms with van der Waals surface area (Å²) in [4.78, 5) is 23.5. The Morgan fingerprint density at radius 1 is 1.38 bits per heavy atom. The Bertz CT molecular complexity index is 600. The largest absolute Gasteiger partial charge is 0.388 e. The van der Waals surface area contributed by atoms with Crippen molar-refractivity contribution < 1.29 is 14.7 Å². The number of carbonyl (C=O) groups excluding carboxylic acids is 2. The number of rotatable bonds is 4. The third-order valence-corrected chi connectivity index (χ3v) is 3.57. The molecule has 1 saturated carbocycles. The lowest BCUT2D eigenvalue weighted by atomic mass is 10.0. The number of carbonyl (C=O) groups is 2. The second-order valence-corrected chi connectivity index (χ2v) is 5.43. The molecule has 1 atom stereocenters. The Balaban J connectivity index is 1.91. The molecule has 0 spiro atoms. The van der Waals surface area contributed by atoms with E-state index in [0.717, 1.165) is 12.8 Å². The molecule has 0 aromatic heterocycles. The van der Waals surface area contributed by atoms with Gasteiger partial charge in [-0.3, -0.25) is 9.59 Å². The summed E-state index contributed by atoms with van der Waals surface area (Å²) in [5.41, 5.74) is -0.418. The minimum Gasteiger partial charge on any atom is -0.388 e. The molecular formula is C15H17N3O3. The molecule has 6 nitrogen and oxygen atoms in total. The predicted octanol–water partition coefficient (Wildman–Crippen LogP) is 0.774. The number of hydrogen-bond donors (Lipinski definition) is 3. The highest BCUT2D eigenvalue weighted by molar-refractivity contribution is 6.39. The van der Waals surface area contributed by atoms with Crippen molar-refractivity contribution in [3.05, 3.63) is 29.8 Å². The van der Waals surface area contributed by atoms with Crippen molar-refractivity contribution in [3.8, 4) is 6.07 Å². The molecule has 1 aliphatic carbocycles.